The Morgan fingerprint density at radius 3 is 2.77 bits per heavy atom. The molecule has 0 radical (unpaired) electrons. The molecule has 1 aliphatic rings. The molecule has 1 amide bonds. The average Bonchev–Trinajstić information content (AvgIpc) is 2.49. The molecule has 0 bridgehead atoms. The monoisotopic (exact) mass is 308 g/mol. The summed E-state index contributed by atoms with van der Waals surface area (Å²) < 4.78 is 38.3. The van der Waals surface area contributed by atoms with Crippen molar-refractivity contribution >= 4 is 11.6 Å². The predicted molar refractivity (Wildman–Crippen MR) is 76.7 cm³/mol. The van der Waals surface area contributed by atoms with Crippen LogP contribution in [0.2, 0.25) is 0 Å². The van der Waals surface area contributed by atoms with Gasteiger partial charge in [0.2, 0.25) is 0 Å². The summed E-state index contributed by atoms with van der Waals surface area (Å²) >= 11 is 0. The number of hydrogen-bond acceptors (Lipinski definition) is 2. The van der Waals surface area contributed by atoms with Crippen molar-refractivity contribution in [3.8, 4) is 12.0 Å². The number of hydrogen-bond donors (Lipinski definition) is 0. The number of rotatable bonds is 2. The lowest BCUT2D eigenvalue weighted by atomic mass is 10.0. The molecule has 0 spiro atoms. The second-order valence-corrected chi connectivity index (χ2v) is 4.87. The fourth-order valence-electron chi connectivity index (χ4n) is 1.98. The molecule has 1 aliphatic heterocycles. The highest BCUT2D eigenvalue weighted by molar-refractivity contribution is 6.04. The Balaban J connectivity index is 2.30. The highest BCUT2D eigenvalue weighted by Crippen LogP contribution is 2.30. The molecule has 0 unspecified atom stereocenters. The summed E-state index contributed by atoms with van der Waals surface area (Å²) in [7, 11) is 0. The summed E-state index contributed by atoms with van der Waals surface area (Å²) in [5, 5.41) is 5.12. The maximum Gasteiger partial charge on any atom is 0.416 e. The molecular weight excluding hydrogens is 293 g/mol. The van der Waals surface area contributed by atoms with E-state index in [1.807, 2.05) is 6.92 Å². The quantitative estimate of drug-likeness (QED) is 0.765. The Hall–Kier alpha value is -2.29. The zero-order chi connectivity index (χ0) is 16.2. The van der Waals surface area contributed by atoms with E-state index in [4.69, 9.17) is 0 Å². The highest BCUT2D eigenvalue weighted by atomic mass is 19.4. The molecule has 3 nitrogen and oxygen atoms in total. The van der Waals surface area contributed by atoms with E-state index in [2.05, 4.69) is 17.1 Å². The van der Waals surface area contributed by atoms with Gasteiger partial charge in [-0.05, 0) is 24.1 Å². The number of amides is 1. The van der Waals surface area contributed by atoms with E-state index >= 15 is 0 Å². The van der Waals surface area contributed by atoms with Crippen LogP contribution in [-0.2, 0) is 11.0 Å². The lowest BCUT2D eigenvalue weighted by Gasteiger charge is -2.19. The maximum atomic E-state index is 12.8. The van der Waals surface area contributed by atoms with Gasteiger partial charge in [0.25, 0.3) is 5.91 Å². The molecule has 0 aromatic heterocycles. The van der Waals surface area contributed by atoms with E-state index in [0.29, 0.717) is 24.1 Å². The van der Waals surface area contributed by atoms with Gasteiger partial charge in [-0.1, -0.05) is 25.0 Å². The first-order chi connectivity index (χ1) is 10.4. The third-order valence-corrected chi connectivity index (χ3v) is 3.12. The Morgan fingerprint density at radius 1 is 1.32 bits per heavy atom. The molecule has 2 rings (SSSR count). The van der Waals surface area contributed by atoms with Crippen molar-refractivity contribution in [1.82, 2.24) is 5.01 Å². The van der Waals surface area contributed by atoms with Gasteiger partial charge >= 0.3 is 6.18 Å². The lowest BCUT2D eigenvalue weighted by Crippen LogP contribution is -2.28. The Labute approximate surface area is 126 Å². The number of unbranched alkanes of at least 4 members (excludes halogenated alkanes) is 1. The molecule has 1 aromatic rings. The summed E-state index contributed by atoms with van der Waals surface area (Å²) in [6, 6.07) is 7.59. The van der Waals surface area contributed by atoms with Crippen LogP contribution in [0.3, 0.4) is 0 Å². The van der Waals surface area contributed by atoms with Gasteiger partial charge in [0.05, 0.1) is 11.3 Å². The highest BCUT2D eigenvalue weighted by Gasteiger charge is 2.31. The van der Waals surface area contributed by atoms with Crippen molar-refractivity contribution in [2.45, 2.75) is 38.8 Å². The summed E-state index contributed by atoms with van der Waals surface area (Å²) in [5.74, 6) is 2.57. The third kappa shape index (κ3) is 3.88. The smallest absolute Gasteiger partial charge is 0.272 e. The summed E-state index contributed by atoms with van der Waals surface area (Å²) in [5.41, 5.74) is 0.0781. The maximum absolute atomic E-state index is 12.8. The molecule has 0 atom stereocenters. The number of carbonyl (C=O) groups excluding carboxylic acids is 1. The largest absolute Gasteiger partial charge is 0.416 e. The van der Waals surface area contributed by atoms with Crippen LogP contribution in [0.5, 0.6) is 0 Å². The van der Waals surface area contributed by atoms with Gasteiger partial charge in [-0.25, -0.2) is 0 Å². The zero-order valence-electron chi connectivity index (χ0n) is 12.1. The van der Waals surface area contributed by atoms with Crippen LogP contribution in [0.1, 0.15) is 43.7 Å². The van der Waals surface area contributed by atoms with Gasteiger partial charge in [0, 0.05) is 25.3 Å². The summed E-state index contributed by atoms with van der Waals surface area (Å²) in [4.78, 5) is 11.7. The first-order valence-electron chi connectivity index (χ1n) is 6.98. The van der Waals surface area contributed by atoms with Crippen LogP contribution in [-0.4, -0.2) is 16.6 Å². The van der Waals surface area contributed by atoms with Crippen LogP contribution in [0.15, 0.2) is 29.4 Å². The standard InChI is InChI=1S/C16H15F3N2O/c1-2-3-4-10-21-15(22)9-8-14(20-21)12-6-5-7-13(11-12)16(17,18)19/h5-7,11H,2-3,8-9H2,1H3. The van der Waals surface area contributed by atoms with E-state index in [0.717, 1.165) is 23.6 Å². The van der Waals surface area contributed by atoms with Crippen molar-refractivity contribution in [1.29, 1.82) is 0 Å². The van der Waals surface area contributed by atoms with E-state index in [-0.39, 0.29) is 12.3 Å². The van der Waals surface area contributed by atoms with Crippen LogP contribution < -0.4 is 0 Å². The molecule has 116 valence electrons. The second-order valence-electron chi connectivity index (χ2n) is 4.87. The normalized spacial score (nSPS) is 15.2. The number of nitrogens with zero attached hydrogens (tertiary/aromatic N) is 2. The van der Waals surface area contributed by atoms with Gasteiger partial charge in [-0.3, -0.25) is 4.79 Å². The number of benzene rings is 1. The molecular formula is C16H15F3N2O. The molecule has 0 fully saturated rings. The summed E-state index contributed by atoms with van der Waals surface area (Å²) in [6.07, 6.45) is -2.40. The minimum absolute atomic E-state index is 0.190. The van der Waals surface area contributed by atoms with E-state index < -0.39 is 11.7 Å². The molecule has 0 aliphatic carbocycles. The van der Waals surface area contributed by atoms with E-state index in [1.54, 1.807) is 6.07 Å². The van der Waals surface area contributed by atoms with Gasteiger partial charge in [0.15, 0.2) is 0 Å². The average molecular weight is 308 g/mol. The van der Waals surface area contributed by atoms with Crippen molar-refractivity contribution < 1.29 is 18.0 Å². The number of hydrazone groups is 1. The zero-order valence-corrected chi connectivity index (χ0v) is 12.1. The summed E-state index contributed by atoms with van der Waals surface area (Å²) in [6.45, 7) is 1.96. The third-order valence-electron chi connectivity index (χ3n) is 3.12. The van der Waals surface area contributed by atoms with Gasteiger partial charge in [0.1, 0.15) is 0 Å². The number of alkyl halides is 3. The molecule has 1 heterocycles. The van der Waals surface area contributed by atoms with Crippen molar-refractivity contribution in [2.75, 3.05) is 0 Å². The van der Waals surface area contributed by atoms with Gasteiger partial charge in [-0.2, -0.15) is 23.3 Å². The molecule has 22 heavy (non-hydrogen) atoms. The fraction of sp³-hybridized carbons (Fsp3) is 0.375. The number of carbonyl (C=O) groups is 1. The Kier molecular flexibility index (Phi) is 4.86. The van der Waals surface area contributed by atoms with Gasteiger partial charge in [-0.15, -0.1) is 0 Å². The molecule has 0 saturated carbocycles. The van der Waals surface area contributed by atoms with Crippen LogP contribution >= 0.6 is 0 Å². The molecule has 6 heteroatoms. The molecule has 1 aromatic carbocycles. The molecule has 0 saturated heterocycles. The van der Waals surface area contributed by atoms with Crippen molar-refractivity contribution in [3.63, 3.8) is 0 Å². The van der Waals surface area contributed by atoms with E-state index in [9.17, 15) is 18.0 Å². The minimum atomic E-state index is -4.40. The molecule has 0 N–H and O–H groups in total. The lowest BCUT2D eigenvalue weighted by molar-refractivity contribution is -0.137. The topological polar surface area (TPSA) is 32.7 Å². The van der Waals surface area contributed by atoms with Crippen LogP contribution in [0, 0.1) is 12.0 Å². The van der Waals surface area contributed by atoms with E-state index in [1.165, 1.54) is 6.07 Å². The van der Waals surface area contributed by atoms with Crippen molar-refractivity contribution in [2.24, 2.45) is 5.10 Å². The number of halogens is 3. The first kappa shape index (κ1) is 16.1. The second kappa shape index (κ2) is 6.65. The predicted octanol–water partition coefficient (Wildman–Crippen LogP) is 3.79. The van der Waals surface area contributed by atoms with Crippen LogP contribution in [0.4, 0.5) is 13.2 Å². The Morgan fingerprint density at radius 2 is 2.09 bits per heavy atom. The van der Waals surface area contributed by atoms with Gasteiger partial charge < -0.3 is 0 Å². The first-order valence-corrected chi connectivity index (χ1v) is 6.98. The Bertz CT molecular complexity index is 653. The minimum Gasteiger partial charge on any atom is -0.272 e. The fourth-order valence-corrected chi connectivity index (χ4v) is 1.98. The van der Waals surface area contributed by atoms with Crippen molar-refractivity contribution in [3.05, 3.63) is 35.4 Å². The SMILES string of the molecule is CCCC#CN1N=C(c2cccc(C(F)(F)F)c2)CCC1=O. The van der Waals surface area contributed by atoms with Crippen LogP contribution in [0.25, 0.3) is 0 Å².